The van der Waals surface area contributed by atoms with E-state index in [-0.39, 0.29) is 5.75 Å². The number of aryl methyl sites for hydroxylation is 1. The van der Waals surface area contributed by atoms with Crippen molar-refractivity contribution in [3.8, 4) is 11.5 Å². The predicted octanol–water partition coefficient (Wildman–Crippen LogP) is 3.01. The summed E-state index contributed by atoms with van der Waals surface area (Å²) in [5, 5.41) is 7.71. The fourth-order valence-electron chi connectivity index (χ4n) is 1.62. The van der Waals surface area contributed by atoms with Crippen molar-refractivity contribution in [3.05, 3.63) is 40.7 Å². The van der Waals surface area contributed by atoms with E-state index in [0.29, 0.717) is 22.4 Å². The van der Waals surface area contributed by atoms with Gasteiger partial charge in [0.1, 0.15) is 5.76 Å². The number of thiophene rings is 1. The van der Waals surface area contributed by atoms with Gasteiger partial charge >= 0.3 is 0 Å². The Bertz CT molecular complexity index is 700. The first-order valence-corrected chi connectivity index (χ1v) is 7.78. The van der Waals surface area contributed by atoms with E-state index >= 15 is 0 Å². The molecule has 1 atom stereocenters. The van der Waals surface area contributed by atoms with Crippen molar-refractivity contribution in [3.63, 3.8) is 0 Å². The summed E-state index contributed by atoms with van der Waals surface area (Å²) in [6.07, 6.45) is 1.52. The van der Waals surface area contributed by atoms with Crippen molar-refractivity contribution in [2.45, 2.75) is 17.6 Å². The van der Waals surface area contributed by atoms with Crippen molar-refractivity contribution in [1.29, 1.82) is 0 Å². The second kappa shape index (κ2) is 5.10. The molecule has 0 bridgehead atoms. The molecule has 3 heterocycles. The smallest absolute Gasteiger partial charge is 0.258 e. The molecule has 0 aliphatic carbocycles. The van der Waals surface area contributed by atoms with Crippen LogP contribution in [0.3, 0.4) is 0 Å². The van der Waals surface area contributed by atoms with E-state index in [1.54, 1.807) is 24.3 Å². The highest BCUT2D eigenvalue weighted by molar-refractivity contribution is 7.84. The molecule has 0 aromatic carbocycles. The number of rotatable bonds is 4. The first-order chi connectivity index (χ1) is 9.24. The highest BCUT2D eigenvalue weighted by Gasteiger charge is 2.15. The average Bonchev–Trinajstić information content (AvgIpc) is 3.07. The maximum atomic E-state index is 12.1. The first kappa shape index (κ1) is 12.3. The largest absolute Gasteiger partial charge is 0.468 e. The summed E-state index contributed by atoms with van der Waals surface area (Å²) in [6, 6.07) is 3.60. The Hall–Kier alpha value is -1.73. The molecule has 0 amide bonds. The molecule has 7 heteroatoms. The Morgan fingerprint density at radius 3 is 3.00 bits per heavy atom. The minimum Gasteiger partial charge on any atom is -0.468 e. The predicted molar refractivity (Wildman–Crippen MR) is 71.2 cm³/mol. The summed E-state index contributed by atoms with van der Waals surface area (Å²) in [7, 11) is -1.22. The van der Waals surface area contributed by atoms with Crippen LogP contribution >= 0.6 is 11.3 Å². The van der Waals surface area contributed by atoms with Gasteiger partial charge < -0.3 is 8.94 Å². The van der Waals surface area contributed by atoms with Crippen molar-refractivity contribution in [1.82, 2.24) is 10.1 Å². The van der Waals surface area contributed by atoms with Crippen LogP contribution < -0.4 is 0 Å². The summed E-state index contributed by atoms with van der Waals surface area (Å²) in [6.45, 7) is 1.78. The fourth-order valence-corrected chi connectivity index (χ4v) is 3.33. The lowest BCUT2D eigenvalue weighted by atomic mass is 10.3. The molecule has 0 saturated heterocycles. The van der Waals surface area contributed by atoms with Crippen molar-refractivity contribution >= 4 is 22.1 Å². The van der Waals surface area contributed by atoms with Crippen LogP contribution in [-0.4, -0.2) is 14.3 Å². The molecule has 0 aliphatic heterocycles. The molecular formula is C12H10N2O3S2. The topological polar surface area (TPSA) is 69.1 Å². The quantitative estimate of drug-likeness (QED) is 0.740. The van der Waals surface area contributed by atoms with E-state index in [1.165, 1.54) is 6.26 Å². The van der Waals surface area contributed by atoms with Gasteiger partial charge in [0.15, 0.2) is 5.82 Å². The van der Waals surface area contributed by atoms with Gasteiger partial charge in [0.2, 0.25) is 0 Å². The fraction of sp³-hybridized carbons (Fsp3) is 0.167. The van der Waals surface area contributed by atoms with Gasteiger partial charge in [0, 0.05) is 5.38 Å². The third kappa shape index (κ3) is 2.52. The molecule has 0 unspecified atom stereocenters. The molecule has 0 aliphatic rings. The molecule has 3 aromatic rings. The molecule has 0 fully saturated rings. The van der Waals surface area contributed by atoms with E-state index < -0.39 is 10.8 Å². The number of hydrogen-bond donors (Lipinski definition) is 0. The molecule has 19 heavy (non-hydrogen) atoms. The van der Waals surface area contributed by atoms with Crippen LogP contribution in [0, 0.1) is 6.92 Å². The van der Waals surface area contributed by atoms with Gasteiger partial charge in [-0.2, -0.15) is 16.3 Å². The van der Waals surface area contributed by atoms with E-state index in [0.717, 1.165) is 5.56 Å². The van der Waals surface area contributed by atoms with Gasteiger partial charge in [0.25, 0.3) is 5.89 Å². The van der Waals surface area contributed by atoms with Crippen molar-refractivity contribution < 1.29 is 13.1 Å². The van der Waals surface area contributed by atoms with E-state index in [4.69, 9.17) is 8.94 Å². The monoisotopic (exact) mass is 294 g/mol. The van der Waals surface area contributed by atoms with Crippen LogP contribution in [0.1, 0.15) is 11.6 Å². The molecule has 5 nitrogen and oxygen atoms in total. The molecule has 0 N–H and O–H groups in total. The molecule has 3 rings (SSSR count). The minimum absolute atomic E-state index is 0.216. The van der Waals surface area contributed by atoms with E-state index in [1.807, 2.05) is 16.8 Å². The molecular weight excluding hydrogens is 284 g/mol. The van der Waals surface area contributed by atoms with Gasteiger partial charge in [-0.3, -0.25) is 4.21 Å². The molecule has 98 valence electrons. The highest BCUT2D eigenvalue weighted by atomic mass is 32.2. The summed E-state index contributed by atoms with van der Waals surface area (Å²) < 4.78 is 22.4. The van der Waals surface area contributed by atoms with Gasteiger partial charge in [-0.05, 0) is 24.4 Å². The van der Waals surface area contributed by atoms with Crippen LogP contribution in [0.2, 0.25) is 0 Å². The summed E-state index contributed by atoms with van der Waals surface area (Å²) in [5.41, 5.74) is 0.883. The lowest BCUT2D eigenvalue weighted by molar-refractivity contribution is 0.425. The Labute approximate surface area is 115 Å². The SMILES string of the molecule is Cc1occc1[S@@](=O)Cc1noc(-c2ccsc2)n1. The van der Waals surface area contributed by atoms with Gasteiger partial charge in [0.05, 0.1) is 33.3 Å². The van der Waals surface area contributed by atoms with Crippen molar-refractivity contribution in [2.24, 2.45) is 0 Å². The highest BCUT2D eigenvalue weighted by Crippen LogP contribution is 2.21. The number of nitrogens with zero attached hydrogens (tertiary/aromatic N) is 2. The van der Waals surface area contributed by atoms with E-state index in [2.05, 4.69) is 10.1 Å². The van der Waals surface area contributed by atoms with Crippen LogP contribution in [0.15, 0.2) is 43.0 Å². The molecule has 0 saturated carbocycles. The first-order valence-electron chi connectivity index (χ1n) is 5.51. The minimum atomic E-state index is -1.22. The van der Waals surface area contributed by atoms with Crippen molar-refractivity contribution in [2.75, 3.05) is 0 Å². The molecule has 0 radical (unpaired) electrons. The number of furan rings is 1. The van der Waals surface area contributed by atoms with Gasteiger partial charge in [-0.1, -0.05) is 5.16 Å². The summed E-state index contributed by atoms with van der Waals surface area (Å²) in [5.74, 6) is 1.76. The second-order valence-electron chi connectivity index (χ2n) is 3.86. The van der Waals surface area contributed by atoms with Gasteiger partial charge in [-0.25, -0.2) is 0 Å². The zero-order chi connectivity index (χ0) is 13.2. The summed E-state index contributed by atoms with van der Waals surface area (Å²) >= 11 is 1.56. The maximum Gasteiger partial charge on any atom is 0.258 e. The lowest BCUT2D eigenvalue weighted by Gasteiger charge is -1.95. The zero-order valence-corrected chi connectivity index (χ0v) is 11.7. The standard InChI is InChI=1S/C12H10N2O3S2/c1-8-10(2-4-16-8)19(15)7-11-13-12(17-14-11)9-3-5-18-6-9/h2-6H,7H2,1H3/t19-/m0/s1. The Kier molecular flexibility index (Phi) is 3.31. The Balaban J connectivity index is 1.78. The van der Waals surface area contributed by atoms with Gasteiger partial charge in [-0.15, -0.1) is 0 Å². The third-order valence-electron chi connectivity index (χ3n) is 2.55. The van der Waals surface area contributed by atoms with Crippen LogP contribution in [-0.2, 0) is 16.6 Å². The van der Waals surface area contributed by atoms with Crippen LogP contribution in [0.4, 0.5) is 0 Å². The normalized spacial score (nSPS) is 12.7. The zero-order valence-electron chi connectivity index (χ0n) is 10.0. The molecule has 3 aromatic heterocycles. The maximum absolute atomic E-state index is 12.1. The number of hydrogen-bond acceptors (Lipinski definition) is 6. The third-order valence-corrected chi connectivity index (χ3v) is 4.67. The Morgan fingerprint density at radius 1 is 1.42 bits per heavy atom. The van der Waals surface area contributed by atoms with Crippen LogP contribution in [0.25, 0.3) is 11.5 Å². The number of aromatic nitrogens is 2. The second-order valence-corrected chi connectivity index (χ2v) is 6.06. The average molecular weight is 294 g/mol. The lowest BCUT2D eigenvalue weighted by Crippen LogP contribution is -1.98. The Morgan fingerprint density at radius 2 is 2.32 bits per heavy atom. The molecule has 0 spiro atoms. The summed E-state index contributed by atoms with van der Waals surface area (Å²) in [4.78, 5) is 4.91. The van der Waals surface area contributed by atoms with Crippen LogP contribution in [0.5, 0.6) is 0 Å². The van der Waals surface area contributed by atoms with E-state index in [9.17, 15) is 4.21 Å².